The summed E-state index contributed by atoms with van der Waals surface area (Å²) in [5.41, 5.74) is 1.91. The quantitative estimate of drug-likeness (QED) is 0.776. The third kappa shape index (κ3) is 2.42. The largest absolute Gasteiger partial charge is 0.337 e. The monoisotopic (exact) mass is 325 g/mol. The molecule has 1 atom stereocenters. The van der Waals surface area contributed by atoms with Crippen LogP contribution in [0, 0.1) is 0 Å². The van der Waals surface area contributed by atoms with Crippen molar-refractivity contribution in [2.75, 3.05) is 13.1 Å². The number of benzene rings is 1. The van der Waals surface area contributed by atoms with Crippen LogP contribution in [-0.2, 0) is 7.05 Å². The zero-order valence-electron chi connectivity index (χ0n) is 13.5. The number of carbonyl (C=O) groups excluding carboxylic acids is 1. The van der Waals surface area contributed by atoms with E-state index in [0.29, 0.717) is 17.6 Å². The summed E-state index contributed by atoms with van der Waals surface area (Å²) in [6.45, 7) is 1.41. The van der Waals surface area contributed by atoms with Crippen molar-refractivity contribution in [2.24, 2.45) is 7.05 Å². The van der Waals surface area contributed by atoms with Crippen LogP contribution < -0.4 is 5.69 Å². The Labute approximate surface area is 138 Å². The summed E-state index contributed by atoms with van der Waals surface area (Å²) in [4.78, 5) is 29.2. The van der Waals surface area contributed by atoms with Crippen LogP contribution in [0.3, 0.4) is 0 Å². The maximum Gasteiger partial charge on any atom is 0.326 e. The van der Waals surface area contributed by atoms with E-state index in [1.54, 1.807) is 25.4 Å². The van der Waals surface area contributed by atoms with Crippen molar-refractivity contribution in [3.63, 3.8) is 0 Å². The highest BCUT2D eigenvalue weighted by molar-refractivity contribution is 5.97. The van der Waals surface area contributed by atoms with Crippen molar-refractivity contribution >= 4 is 16.9 Å². The molecule has 1 aliphatic heterocycles. The molecule has 0 spiro atoms. The molecular weight excluding hydrogens is 306 g/mol. The fraction of sp³-hybridized carbons (Fsp3) is 0.353. The van der Waals surface area contributed by atoms with Gasteiger partial charge in [-0.1, -0.05) is 0 Å². The number of nitrogens with zero attached hydrogens (tertiary/aromatic N) is 4. The van der Waals surface area contributed by atoms with Crippen LogP contribution in [0.15, 0.2) is 41.5 Å². The number of carbonyl (C=O) groups is 1. The highest BCUT2D eigenvalue weighted by Crippen LogP contribution is 2.23. The third-order valence-electron chi connectivity index (χ3n) is 4.73. The van der Waals surface area contributed by atoms with Crippen LogP contribution >= 0.6 is 0 Å². The van der Waals surface area contributed by atoms with Gasteiger partial charge in [-0.2, -0.15) is 5.10 Å². The number of hydrogen-bond acceptors (Lipinski definition) is 3. The number of imidazole rings is 1. The molecule has 3 aromatic rings. The van der Waals surface area contributed by atoms with Crippen LogP contribution in [0.25, 0.3) is 11.0 Å². The lowest BCUT2D eigenvalue weighted by atomic mass is 10.0. The highest BCUT2D eigenvalue weighted by Gasteiger charge is 2.26. The zero-order valence-corrected chi connectivity index (χ0v) is 13.5. The van der Waals surface area contributed by atoms with Gasteiger partial charge in [-0.25, -0.2) is 4.79 Å². The fourth-order valence-electron chi connectivity index (χ4n) is 3.40. The molecule has 1 unspecified atom stereocenters. The maximum absolute atomic E-state index is 12.8. The van der Waals surface area contributed by atoms with E-state index in [1.807, 2.05) is 27.9 Å². The molecule has 3 heterocycles. The van der Waals surface area contributed by atoms with E-state index in [-0.39, 0.29) is 17.6 Å². The molecule has 1 amide bonds. The van der Waals surface area contributed by atoms with E-state index in [0.717, 1.165) is 24.9 Å². The van der Waals surface area contributed by atoms with Crippen molar-refractivity contribution in [3.8, 4) is 0 Å². The summed E-state index contributed by atoms with van der Waals surface area (Å²) in [5.74, 6) is -0.00143. The Morgan fingerprint density at radius 3 is 3.04 bits per heavy atom. The van der Waals surface area contributed by atoms with Gasteiger partial charge in [0.05, 0.1) is 17.1 Å². The number of amides is 1. The predicted octanol–water partition coefficient (Wildman–Crippen LogP) is 1.54. The van der Waals surface area contributed by atoms with Gasteiger partial charge in [-0.15, -0.1) is 0 Å². The molecule has 7 heteroatoms. The molecule has 2 aromatic heterocycles. The number of aromatic nitrogens is 4. The molecule has 1 saturated heterocycles. The van der Waals surface area contributed by atoms with E-state index in [4.69, 9.17) is 0 Å². The molecule has 1 fully saturated rings. The van der Waals surface area contributed by atoms with Crippen LogP contribution in [0.4, 0.5) is 0 Å². The smallest absolute Gasteiger partial charge is 0.326 e. The van der Waals surface area contributed by atoms with Gasteiger partial charge in [-0.05, 0) is 37.1 Å². The predicted molar refractivity (Wildman–Crippen MR) is 89.9 cm³/mol. The van der Waals surface area contributed by atoms with E-state index < -0.39 is 0 Å². The van der Waals surface area contributed by atoms with Crippen LogP contribution in [0.5, 0.6) is 0 Å². The van der Waals surface area contributed by atoms with Crippen molar-refractivity contribution in [2.45, 2.75) is 18.9 Å². The summed E-state index contributed by atoms with van der Waals surface area (Å²) < 4.78 is 3.47. The SMILES string of the molecule is Cn1c(=O)[nH]c2cc(C(=O)N3CCCC(n4cccn4)C3)ccc21. The lowest BCUT2D eigenvalue weighted by molar-refractivity contribution is 0.0673. The lowest BCUT2D eigenvalue weighted by Gasteiger charge is -2.33. The maximum atomic E-state index is 12.8. The minimum atomic E-state index is -0.175. The van der Waals surface area contributed by atoms with Crippen molar-refractivity contribution in [3.05, 3.63) is 52.7 Å². The van der Waals surface area contributed by atoms with Crippen molar-refractivity contribution in [1.82, 2.24) is 24.2 Å². The first-order valence-electron chi connectivity index (χ1n) is 8.10. The molecule has 0 aliphatic carbocycles. The molecule has 0 saturated carbocycles. The Morgan fingerprint density at radius 2 is 2.25 bits per heavy atom. The van der Waals surface area contributed by atoms with E-state index in [9.17, 15) is 9.59 Å². The Kier molecular flexibility index (Phi) is 3.48. The van der Waals surface area contributed by atoms with Crippen LogP contribution in [0.1, 0.15) is 29.2 Å². The summed E-state index contributed by atoms with van der Waals surface area (Å²) >= 11 is 0. The molecule has 124 valence electrons. The highest BCUT2D eigenvalue weighted by atomic mass is 16.2. The molecule has 24 heavy (non-hydrogen) atoms. The van der Waals surface area contributed by atoms with E-state index in [2.05, 4.69) is 10.1 Å². The summed E-state index contributed by atoms with van der Waals surface area (Å²) in [5, 5.41) is 4.30. The summed E-state index contributed by atoms with van der Waals surface area (Å²) in [6, 6.07) is 7.49. The first-order valence-corrected chi connectivity index (χ1v) is 8.10. The molecule has 4 rings (SSSR count). The average Bonchev–Trinajstić information content (AvgIpc) is 3.23. The summed E-state index contributed by atoms with van der Waals surface area (Å²) in [7, 11) is 1.71. The summed E-state index contributed by atoms with van der Waals surface area (Å²) in [6.07, 6.45) is 5.69. The topological polar surface area (TPSA) is 75.9 Å². The second kappa shape index (κ2) is 5.67. The number of H-pyrrole nitrogens is 1. The number of aromatic amines is 1. The van der Waals surface area contributed by atoms with Gasteiger partial charge in [0.15, 0.2) is 0 Å². The lowest BCUT2D eigenvalue weighted by Crippen LogP contribution is -2.40. The average molecular weight is 325 g/mol. The zero-order chi connectivity index (χ0) is 16.7. The normalized spacial score (nSPS) is 18.2. The molecule has 7 nitrogen and oxygen atoms in total. The minimum Gasteiger partial charge on any atom is -0.337 e. The van der Waals surface area contributed by atoms with Crippen LogP contribution in [-0.4, -0.2) is 43.2 Å². The van der Waals surface area contributed by atoms with Gasteiger partial charge in [0, 0.05) is 38.1 Å². The first kappa shape index (κ1) is 14.7. The standard InChI is InChI=1S/C17H19N5O2/c1-20-15-6-5-12(10-14(15)19-17(20)24)16(23)21-8-2-4-13(11-21)22-9-3-7-18-22/h3,5-7,9-10,13H,2,4,8,11H2,1H3,(H,19,24). The number of nitrogens with one attached hydrogen (secondary N) is 1. The number of fused-ring (bicyclic) bond motifs is 1. The van der Waals surface area contributed by atoms with Gasteiger partial charge in [0.2, 0.25) is 0 Å². The number of aryl methyl sites for hydroxylation is 1. The van der Waals surface area contributed by atoms with Gasteiger partial charge in [-0.3, -0.25) is 14.0 Å². The molecule has 0 bridgehead atoms. The fourth-order valence-corrected chi connectivity index (χ4v) is 3.40. The Morgan fingerprint density at radius 1 is 1.38 bits per heavy atom. The molecule has 1 N–H and O–H groups in total. The number of likely N-dealkylation sites (tertiary alicyclic amines) is 1. The van der Waals surface area contributed by atoms with Gasteiger partial charge < -0.3 is 9.88 Å². The van der Waals surface area contributed by atoms with Crippen LogP contribution in [0.2, 0.25) is 0 Å². The number of hydrogen-bond donors (Lipinski definition) is 1. The van der Waals surface area contributed by atoms with E-state index in [1.165, 1.54) is 4.57 Å². The van der Waals surface area contributed by atoms with Crippen molar-refractivity contribution in [1.29, 1.82) is 0 Å². The minimum absolute atomic E-state index is 0.00143. The second-order valence-electron chi connectivity index (χ2n) is 6.25. The number of rotatable bonds is 2. The van der Waals surface area contributed by atoms with Crippen molar-refractivity contribution < 1.29 is 4.79 Å². The third-order valence-corrected chi connectivity index (χ3v) is 4.73. The van der Waals surface area contributed by atoms with Gasteiger partial charge >= 0.3 is 5.69 Å². The van der Waals surface area contributed by atoms with Gasteiger partial charge in [0.25, 0.3) is 5.91 Å². The molecule has 1 aromatic carbocycles. The Hall–Kier alpha value is -2.83. The Bertz CT molecular complexity index is 938. The second-order valence-corrected chi connectivity index (χ2v) is 6.25. The first-order chi connectivity index (χ1) is 11.6. The molecule has 0 radical (unpaired) electrons. The van der Waals surface area contributed by atoms with Gasteiger partial charge in [0.1, 0.15) is 0 Å². The molecular formula is C17H19N5O2. The molecule has 1 aliphatic rings. The van der Waals surface area contributed by atoms with E-state index >= 15 is 0 Å². The Balaban J connectivity index is 1.60. The number of piperidine rings is 1.